The van der Waals surface area contributed by atoms with E-state index in [0.717, 1.165) is 66.5 Å². The highest BCUT2D eigenvalue weighted by Gasteiger charge is 2.24. The fraction of sp³-hybridized carbons (Fsp3) is 0.476. The lowest BCUT2D eigenvalue weighted by Crippen LogP contribution is -2.40. The minimum absolute atomic E-state index is 0.201. The fourth-order valence-electron chi connectivity index (χ4n) is 3.64. The molecule has 6 heteroatoms. The van der Waals surface area contributed by atoms with Gasteiger partial charge in [-0.15, -0.1) is 0 Å². The van der Waals surface area contributed by atoms with E-state index in [-0.39, 0.29) is 6.10 Å². The number of nitrogens with zero attached hydrogens (tertiary/aromatic N) is 5. The quantitative estimate of drug-likeness (QED) is 0.693. The Balaban J connectivity index is 1.56. The lowest BCUT2D eigenvalue weighted by atomic mass is 10.1. The molecule has 1 aliphatic heterocycles. The number of rotatable bonds is 5. The van der Waals surface area contributed by atoms with Gasteiger partial charge < -0.3 is 9.64 Å². The highest BCUT2D eigenvalue weighted by molar-refractivity contribution is 5.57. The number of fused-ring (bicyclic) bond motifs is 1. The van der Waals surface area contributed by atoms with Gasteiger partial charge in [-0.3, -0.25) is 4.98 Å². The molecule has 4 heterocycles. The van der Waals surface area contributed by atoms with Gasteiger partial charge in [0, 0.05) is 36.6 Å². The lowest BCUT2D eigenvalue weighted by molar-refractivity contribution is 0.0296. The van der Waals surface area contributed by atoms with Crippen LogP contribution in [0.1, 0.15) is 42.4 Å². The van der Waals surface area contributed by atoms with E-state index in [2.05, 4.69) is 29.8 Å². The molecule has 3 aromatic rings. The Bertz CT molecular complexity index is 921. The van der Waals surface area contributed by atoms with Crippen LogP contribution in [0.3, 0.4) is 0 Å². The predicted octanol–water partition coefficient (Wildman–Crippen LogP) is 3.49. The van der Waals surface area contributed by atoms with Crippen LogP contribution in [0.2, 0.25) is 0 Å². The van der Waals surface area contributed by atoms with Crippen molar-refractivity contribution in [1.29, 1.82) is 0 Å². The topological polar surface area (TPSA) is 55.5 Å². The molecule has 0 saturated carbocycles. The number of aryl methyl sites for hydroxylation is 3. The number of aromatic nitrogens is 4. The summed E-state index contributed by atoms with van der Waals surface area (Å²) in [5, 5.41) is 4.74. The number of pyridine rings is 1. The van der Waals surface area contributed by atoms with Crippen molar-refractivity contribution in [3.05, 3.63) is 53.1 Å². The van der Waals surface area contributed by atoms with Crippen LogP contribution in [-0.2, 0) is 17.8 Å². The van der Waals surface area contributed by atoms with E-state index >= 15 is 0 Å². The van der Waals surface area contributed by atoms with Gasteiger partial charge in [-0.25, -0.2) is 4.98 Å². The summed E-state index contributed by atoms with van der Waals surface area (Å²) >= 11 is 0. The summed E-state index contributed by atoms with van der Waals surface area (Å²) in [6.07, 6.45) is 5.12. The third-order valence-corrected chi connectivity index (χ3v) is 5.35. The molecule has 0 unspecified atom stereocenters. The van der Waals surface area contributed by atoms with E-state index in [4.69, 9.17) is 14.8 Å². The van der Waals surface area contributed by atoms with Crippen LogP contribution < -0.4 is 4.90 Å². The Labute approximate surface area is 160 Å². The Hall–Kier alpha value is -2.47. The van der Waals surface area contributed by atoms with Gasteiger partial charge in [0.25, 0.3) is 0 Å². The summed E-state index contributed by atoms with van der Waals surface area (Å²) < 4.78 is 8.17. The third kappa shape index (κ3) is 3.67. The Morgan fingerprint density at radius 1 is 1.22 bits per heavy atom. The normalized spacial score (nSPS) is 17.6. The monoisotopic (exact) mass is 365 g/mol. The Kier molecular flexibility index (Phi) is 5.07. The van der Waals surface area contributed by atoms with Crippen LogP contribution >= 0.6 is 0 Å². The second-order valence-corrected chi connectivity index (χ2v) is 7.25. The van der Waals surface area contributed by atoms with Crippen LogP contribution in [0.4, 0.5) is 5.82 Å². The van der Waals surface area contributed by atoms with E-state index in [1.165, 1.54) is 0 Å². The number of hydrogen-bond donors (Lipinski definition) is 0. The zero-order chi connectivity index (χ0) is 18.8. The van der Waals surface area contributed by atoms with Crippen molar-refractivity contribution in [3.8, 4) is 0 Å². The Morgan fingerprint density at radius 3 is 2.89 bits per heavy atom. The van der Waals surface area contributed by atoms with E-state index < -0.39 is 0 Å². The van der Waals surface area contributed by atoms with Gasteiger partial charge in [0.1, 0.15) is 5.82 Å². The number of hydrogen-bond acceptors (Lipinski definition) is 5. The first-order valence-corrected chi connectivity index (χ1v) is 9.78. The molecule has 0 spiro atoms. The highest BCUT2D eigenvalue weighted by atomic mass is 16.5. The lowest BCUT2D eigenvalue weighted by Gasteiger charge is -2.34. The molecule has 0 N–H and O–H groups in total. The van der Waals surface area contributed by atoms with Gasteiger partial charge in [-0.05, 0) is 45.2 Å². The van der Waals surface area contributed by atoms with Crippen molar-refractivity contribution in [3.63, 3.8) is 0 Å². The van der Waals surface area contributed by atoms with Gasteiger partial charge >= 0.3 is 0 Å². The van der Waals surface area contributed by atoms with Crippen LogP contribution in [0.15, 0.2) is 30.5 Å². The van der Waals surface area contributed by atoms with Gasteiger partial charge in [0.15, 0.2) is 5.65 Å². The van der Waals surface area contributed by atoms with E-state index in [9.17, 15) is 0 Å². The Morgan fingerprint density at radius 2 is 2.11 bits per heavy atom. The van der Waals surface area contributed by atoms with Gasteiger partial charge in [0.05, 0.1) is 24.1 Å². The standard InChI is InChI=1S/C21H27N5O/c1-4-17-12-20(26-21(23-17)15(2)16(3)24-26)25-11-7-9-19(13-25)27-14-18-8-5-6-10-22-18/h5-6,8,10,12,19H,4,7,9,11,13-14H2,1-3H3/t19-/m1/s1. The number of ether oxygens (including phenoxy) is 1. The molecule has 1 atom stereocenters. The van der Waals surface area contributed by atoms with Crippen LogP contribution in [-0.4, -0.2) is 38.8 Å². The maximum atomic E-state index is 6.17. The molecule has 0 bridgehead atoms. The van der Waals surface area contributed by atoms with Gasteiger partial charge in [-0.2, -0.15) is 9.61 Å². The molecule has 1 fully saturated rings. The molecule has 0 aliphatic carbocycles. The smallest absolute Gasteiger partial charge is 0.160 e. The first-order valence-electron chi connectivity index (χ1n) is 9.78. The molecular weight excluding hydrogens is 338 g/mol. The van der Waals surface area contributed by atoms with Crippen LogP contribution in [0.5, 0.6) is 0 Å². The van der Waals surface area contributed by atoms with Crippen molar-refractivity contribution in [2.75, 3.05) is 18.0 Å². The van der Waals surface area contributed by atoms with Crippen molar-refractivity contribution in [2.45, 2.75) is 52.7 Å². The van der Waals surface area contributed by atoms with Crippen molar-refractivity contribution in [2.24, 2.45) is 0 Å². The zero-order valence-corrected chi connectivity index (χ0v) is 16.4. The van der Waals surface area contributed by atoms with E-state index in [0.29, 0.717) is 6.61 Å². The molecule has 27 heavy (non-hydrogen) atoms. The maximum Gasteiger partial charge on any atom is 0.160 e. The summed E-state index contributed by atoms with van der Waals surface area (Å²) in [7, 11) is 0. The second-order valence-electron chi connectivity index (χ2n) is 7.25. The predicted molar refractivity (Wildman–Crippen MR) is 106 cm³/mol. The summed E-state index contributed by atoms with van der Waals surface area (Å²) in [5.41, 5.74) is 5.26. The molecule has 0 radical (unpaired) electrons. The fourth-order valence-corrected chi connectivity index (χ4v) is 3.64. The third-order valence-electron chi connectivity index (χ3n) is 5.35. The zero-order valence-electron chi connectivity index (χ0n) is 16.4. The molecule has 4 rings (SSSR count). The van der Waals surface area contributed by atoms with Crippen LogP contribution in [0.25, 0.3) is 5.65 Å². The SMILES string of the molecule is CCc1cc(N2CCC[C@@H](OCc3ccccn3)C2)n2nc(C)c(C)c2n1. The van der Waals surface area contributed by atoms with Crippen molar-refractivity contribution < 1.29 is 4.74 Å². The first-order chi connectivity index (χ1) is 13.2. The van der Waals surface area contributed by atoms with Crippen molar-refractivity contribution in [1.82, 2.24) is 19.6 Å². The van der Waals surface area contributed by atoms with Gasteiger partial charge in [-0.1, -0.05) is 13.0 Å². The minimum Gasteiger partial charge on any atom is -0.370 e. The molecule has 1 saturated heterocycles. The molecule has 3 aromatic heterocycles. The van der Waals surface area contributed by atoms with E-state index in [1.807, 2.05) is 35.8 Å². The number of piperidine rings is 1. The molecule has 142 valence electrons. The highest BCUT2D eigenvalue weighted by Crippen LogP contribution is 2.25. The summed E-state index contributed by atoms with van der Waals surface area (Å²) in [6, 6.07) is 8.12. The summed E-state index contributed by atoms with van der Waals surface area (Å²) in [5.74, 6) is 1.12. The summed E-state index contributed by atoms with van der Waals surface area (Å²) in [6.45, 7) is 8.75. The van der Waals surface area contributed by atoms with Crippen LogP contribution in [0, 0.1) is 13.8 Å². The first kappa shape index (κ1) is 17.9. The van der Waals surface area contributed by atoms with E-state index in [1.54, 1.807) is 0 Å². The largest absolute Gasteiger partial charge is 0.370 e. The minimum atomic E-state index is 0.201. The van der Waals surface area contributed by atoms with Crippen molar-refractivity contribution >= 4 is 11.5 Å². The average Bonchev–Trinajstić information content (AvgIpc) is 3.00. The molecule has 0 amide bonds. The molecular formula is C21H27N5O. The average molecular weight is 365 g/mol. The van der Waals surface area contributed by atoms with Gasteiger partial charge in [0.2, 0.25) is 0 Å². The second kappa shape index (κ2) is 7.64. The molecule has 6 nitrogen and oxygen atoms in total. The maximum absolute atomic E-state index is 6.17. The molecule has 1 aliphatic rings. The summed E-state index contributed by atoms with van der Waals surface area (Å²) in [4.78, 5) is 11.5. The number of anilines is 1. The molecule has 0 aromatic carbocycles.